The lowest BCUT2D eigenvalue weighted by Crippen LogP contribution is -2.57. The van der Waals surface area contributed by atoms with Crippen LogP contribution in [-0.2, 0) is 11.2 Å². The minimum absolute atomic E-state index is 0. The predicted octanol–water partition coefficient (Wildman–Crippen LogP) is 2.22. The monoisotopic (exact) mass is 422 g/mol. The summed E-state index contributed by atoms with van der Waals surface area (Å²) < 4.78 is 0. The molecule has 0 aliphatic carbocycles. The second-order valence-electron chi connectivity index (χ2n) is 7.04. The van der Waals surface area contributed by atoms with E-state index in [1.54, 1.807) is 11.3 Å². The number of aromatic nitrogens is 1. The first kappa shape index (κ1) is 23.1. The van der Waals surface area contributed by atoms with E-state index in [-0.39, 0.29) is 42.7 Å². The van der Waals surface area contributed by atoms with E-state index in [0.29, 0.717) is 24.7 Å². The van der Waals surface area contributed by atoms with Crippen molar-refractivity contribution in [3.8, 4) is 0 Å². The average Bonchev–Trinajstić information content (AvgIpc) is 3.02. The summed E-state index contributed by atoms with van der Waals surface area (Å²) >= 11 is 1.57. The fourth-order valence-corrected chi connectivity index (χ4v) is 4.40. The van der Waals surface area contributed by atoms with Crippen molar-refractivity contribution in [3.63, 3.8) is 0 Å². The van der Waals surface area contributed by atoms with Gasteiger partial charge in [0.2, 0.25) is 5.91 Å². The first-order valence-electron chi connectivity index (χ1n) is 8.78. The van der Waals surface area contributed by atoms with E-state index >= 15 is 0 Å². The van der Waals surface area contributed by atoms with Crippen LogP contribution in [0.25, 0.3) is 0 Å². The molecule has 1 unspecified atom stereocenters. The Balaban J connectivity index is 0.00000169. The molecule has 9 heteroatoms. The molecule has 1 aromatic rings. The number of hydrogen-bond acceptors (Lipinski definition) is 5. The molecule has 0 aromatic carbocycles. The molecule has 2 amide bonds. The number of likely N-dealkylation sites (tertiary alicyclic amines) is 1. The third-order valence-electron chi connectivity index (χ3n) is 4.60. The van der Waals surface area contributed by atoms with E-state index in [1.165, 1.54) is 0 Å². The minimum Gasteiger partial charge on any atom is -0.336 e. The van der Waals surface area contributed by atoms with Crippen molar-refractivity contribution in [1.29, 1.82) is 0 Å². The Bertz CT molecular complexity index is 611. The molecule has 1 atom stereocenters. The first-order chi connectivity index (χ1) is 11.5. The number of carbonyl (C=O) groups is 2. The second-order valence-corrected chi connectivity index (χ2v) is 7.98. The van der Waals surface area contributed by atoms with Crippen LogP contribution in [0.3, 0.4) is 0 Å². The van der Waals surface area contributed by atoms with Gasteiger partial charge in [0.05, 0.1) is 11.6 Å². The number of halogens is 2. The average molecular weight is 423 g/mol. The Morgan fingerprint density at radius 2 is 2.15 bits per heavy atom. The number of amides is 2. The number of piperidine rings is 1. The van der Waals surface area contributed by atoms with E-state index in [1.807, 2.05) is 15.2 Å². The van der Waals surface area contributed by atoms with Crippen molar-refractivity contribution in [3.05, 3.63) is 16.1 Å². The van der Waals surface area contributed by atoms with E-state index in [2.05, 4.69) is 24.1 Å². The number of piperazine rings is 1. The van der Waals surface area contributed by atoms with Crippen molar-refractivity contribution in [1.82, 2.24) is 20.1 Å². The Labute approximate surface area is 171 Å². The maximum Gasteiger partial charge on any atom is 0.273 e. The molecule has 3 rings (SSSR count). The maximum atomic E-state index is 12.8. The van der Waals surface area contributed by atoms with Crippen LogP contribution in [0.15, 0.2) is 5.38 Å². The molecule has 2 saturated heterocycles. The molecule has 2 aliphatic heterocycles. The second kappa shape index (κ2) is 10.4. The summed E-state index contributed by atoms with van der Waals surface area (Å²) in [4.78, 5) is 33.2. The highest BCUT2D eigenvalue weighted by molar-refractivity contribution is 7.09. The highest BCUT2D eigenvalue weighted by Gasteiger charge is 2.32. The molecule has 0 saturated carbocycles. The quantitative estimate of drug-likeness (QED) is 0.807. The summed E-state index contributed by atoms with van der Waals surface area (Å²) in [5, 5.41) is 6.00. The number of rotatable bonds is 4. The van der Waals surface area contributed by atoms with Gasteiger partial charge in [-0.3, -0.25) is 9.59 Å². The molecule has 2 fully saturated rings. The highest BCUT2D eigenvalue weighted by atomic mass is 35.5. The Hall–Kier alpha value is -0.890. The van der Waals surface area contributed by atoms with Crippen molar-refractivity contribution < 1.29 is 9.59 Å². The van der Waals surface area contributed by atoms with Crippen LogP contribution < -0.4 is 5.32 Å². The Morgan fingerprint density at radius 3 is 2.85 bits per heavy atom. The number of hydrogen-bond donors (Lipinski definition) is 1. The van der Waals surface area contributed by atoms with Gasteiger partial charge in [-0.25, -0.2) is 4.98 Å². The summed E-state index contributed by atoms with van der Waals surface area (Å²) in [5.74, 6) is 0.694. The van der Waals surface area contributed by atoms with Gasteiger partial charge in [-0.2, -0.15) is 0 Å². The fraction of sp³-hybridized carbons (Fsp3) is 0.706. The van der Waals surface area contributed by atoms with Gasteiger partial charge >= 0.3 is 0 Å². The van der Waals surface area contributed by atoms with Crippen molar-refractivity contribution in [2.75, 3.05) is 32.7 Å². The van der Waals surface area contributed by atoms with Crippen LogP contribution in [0.1, 0.15) is 42.2 Å². The standard InChI is InChI=1S/C17H26N4O2S.2ClH/c1-12(2)8-15-19-14(11-24-15)17(23)20-6-3-4-13(10-20)21-7-5-18-9-16(21)22;;/h11-13,18H,3-10H2,1-2H3;2*1H. The predicted molar refractivity (Wildman–Crippen MR) is 109 cm³/mol. The Morgan fingerprint density at radius 1 is 1.38 bits per heavy atom. The zero-order valence-corrected chi connectivity index (χ0v) is 17.7. The topological polar surface area (TPSA) is 65.5 Å². The maximum absolute atomic E-state index is 12.8. The van der Waals surface area contributed by atoms with E-state index < -0.39 is 0 Å². The lowest BCUT2D eigenvalue weighted by molar-refractivity contribution is -0.135. The molecule has 1 N–H and O–H groups in total. The third-order valence-corrected chi connectivity index (χ3v) is 5.48. The lowest BCUT2D eigenvalue weighted by Gasteiger charge is -2.40. The van der Waals surface area contributed by atoms with Gasteiger partial charge in [0, 0.05) is 44.0 Å². The van der Waals surface area contributed by atoms with Gasteiger partial charge in [0.1, 0.15) is 5.69 Å². The van der Waals surface area contributed by atoms with Crippen LogP contribution in [0.4, 0.5) is 0 Å². The summed E-state index contributed by atoms with van der Waals surface area (Å²) in [6, 6.07) is 0.145. The summed E-state index contributed by atoms with van der Waals surface area (Å²) in [6.07, 6.45) is 2.83. The van der Waals surface area contributed by atoms with E-state index in [9.17, 15) is 9.59 Å². The van der Waals surface area contributed by atoms with Crippen LogP contribution in [0.2, 0.25) is 0 Å². The third kappa shape index (κ3) is 5.55. The van der Waals surface area contributed by atoms with Gasteiger partial charge in [-0.15, -0.1) is 36.2 Å². The molecule has 6 nitrogen and oxygen atoms in total. The zero-order valence-electron chi connectivity index (χ0n) is 15.3. The van der Waals surface area contributed by atoms with Crippen LogP contribution in [-0.4, -0.2) is 65.4 Å². The molecule has 0 radical (unpaired) electrons. The van der Waals surface area contributed by atoms with E-state index in [4.69, 9.17) is 0 Å². The largest absolute Gasteiger partial charge is 0.336 e. The summed E-state index contributed by atoms with van der Waals surface area (Å²) in [5.41, 5.74) is 0.558. The molecule has 0 spiro atoms. The van der Waals surface area contributed by atoms with Gasteiger partial charge in [0.25, 0.3) is 5.91 Å². The molecular formula is C17H28Cl2N4O2S. The number of nitrogens with zero attached hydrogens (tertiary/aromatic N) is 3. The Kier molecular flexibility index (Phi) is 9.30. The number of thiazole rings is 1. The number of carbonyl (C=O) groups excluding carboxylic acids is 2. The van der Waals surface area contributed by atoms with Gasteiger partial charge in [-0.05, 0) is 18.8 Å². The van der Waals surface area contributed by atoms with E-state index in [0.717, 1.165) is 43.9 Å². The smallest absolute Gasteiger partial charge is 0.273 e. The highest BCUT2D eigenvalue weighted by Crippen LogP contribution is 2.21. The van der Waals surface area contributed by atoms with Crippen LogP contribution in [0.5, 0.6) is 0 Å². The fourth-order valence-electron chi connectivity index (χ4n) is 3.41. The molecule has 0 bridgehead atoms. The zero-order chi connectivity index (χ0) is 17.1. The van der Waals surface area contributed by atoms with Crippen LogP contribution >= 0.6 is 36.2 Å². The lowest BCUT2D eigenvalue weighted by atomic mass is 10.0. The molecule has 3 heterocycles. The minimum atomic E-state index is 0. The van der Waals surface area contributed by atoms with Crippen molar-refractivity contribution >= 4 is 48.0 Å². The van der Waals surface area contributed by atoms with Gasteiger partial charge < -0.3 is 15.1 Å². The first-order valence-corrected chi connectivity index (χ1v) is 9.66. The molecule has 148 valence electrons. The normalized spacial score (nSPS) is 20.6. The molecule has 1 aromatic heterocycles. The van der Waals surface area contributed by atoms with Crippen molar-refractivity contribution in [2.24, 2.45) is 5.92 Å². The summed E-state index contributed by atoms with van der Waals surface area (Å²) in [7, 11) is 0. The number of nitrogens with one attached hydrogen (secondary N) is 1. The van der Waals surface area contributed by atoms with Gasteiger partial charge in [-0.1, -0.05) is 13.8 Å². The molecular weight excluding hydrogens is 395 g/mol. The van der Waals surface area contributed by atoms with Gasteiger partial charge in [0.15, 0.2) is 0 Å². The molecule has 26 heavy (non-hydrogen) atoms. The summed E-state index contributed by atoms with van der Waals surface area (Å²) in [6.45, 7) is 7.68. The van der Waals surface area contributed by atoms with Crippen LogP contribution in [0, 0.1) is 5.92 Å². The molecule has 2 aliphatic rings. The van der Waals surface area contributed by atoms with Crippen molar-refractivity contribution in [2.45, 2.75) is 39.2 Å². The SMILES string of the molecule is CC(C)Cc1nc(C(=O)N2CCCC(N3CCNCC3=O)C2)cs1.Cl.Cl.